The van der Waals surface area contributed by atoms with Crippen molar-refractivity contribution in [2.45, 2.75) is 25.4 Å². The van der Waals surface area contributed by atoms with Crippen LogP contribution >= 0.6 is 0 Å². The summed E-state index contributed by atoms with van der Waals surface area (Å²) in [6.45, 7) is 0.505. The van der Waals surface area contributed by atoms with Gasteiger partial charge in [0.1, 0.15) is 11.5 Å². The van der Waals surface area contributed by atoms with Crippen molar-refractivity contribution in [1.82, 2.24) is 4.90 Å². The Morgan fingerprint density at radius 2 is 1.41 bits per heavy atom. The average Bonchev–Trinajstić information content (AvgIpc) is 3.58. The van der Waals surface area contributed by atoms with E-state index in [1.165, 1.54) is 0 Å². The standard InChI is InChI=1S/C24H22N2O3/c25-23(27)18-8-6-17(7-9-18)16-26(20-12-13-20)24(28)19-10-14-22(15-11-19)29-21-4-2-1-3-5-21/h1-11,14-15,20H,12-13,16H2,(H2,25,27). The Morgan fingerprint density at radius 3 is 2.00 bits per heavy atom. The number of primary amides is 1. The van der Waals surface area contributed by atoms with Crippen molar-refractivity contribution in [3.63, 3.8) is 0 Å². The van der Waals surface area contributed by atoms with E-state index in [1.807, 2.05) is 59.5 Å². The van der Waals surface area contributed by atoms with Crippen molar-refractivity contribution in [3.05, 3.63) is 95.6 Å². The molecule has 1 aliphatic carbocycles. The molecule has 0 bridgehead atoms. The number of ether oxygens (including phenoxy) is 1. The monoisotopic (exact) mass is 386 g/mol. The first-order chi connectivity index (χ1) is 14.1. The third-order valence-corrected chi connectivity index (χ3v) is 4.92. The molecule has 2 N–H and O–H groups in total. The van der Waals surface area contributed by atoms with Crippen LogP contribution in [0, 0.1) is 0 Å². The van der Waals surface area contributed by atoms with Gasteiger partial charge in [-0.15, -0.1) is 0 Å². The maximum atomic E-state index is 13.1. The van der Waals surface area contributed by atoms with E-state index < -0.39 is 5.91 Å². The normalized spacial score (nSPS) is 13.0. The van der Waals surface area contributed by atoms with E-state index in [9.17, 15) is 9.59 Å². The Hall–Kier alpha value is -3.60. The number of benzene rings is 3. The summed E-state index contributed by atoms with van der Waals surface area (Å²) in [7, 11) is 0. The molecule has 0 atom stereocenters. The summed E-state index contributed by atoms with van der Waals surface area (Å²) in [5.41, 5.74) is 7.36. The van der Waals surface area contributed by atoms with Gasteiger partial charge in [-0.05, 0) is 66.9 Å². The second-order valence-electron chi connectivity index (χ2n) is 7.16. The molecule has 1 saturated carbocycles. The molecule has 3 aromatic carbocycles. The van der Waals surface area contributed by atoms with E-state index in [4.69, 9.17) is 10.5 Å². The zero-order chi connectivity index (χ0) is 20.2. The summed E-state index contributed by atoms with van der Waals surface area (Å²) in [5, 5.41) is 0. The van der Waals surface area contributed by atoms with E-state index in [0.29, 0.717) is 23.4 Å². The van der Waals surface area contributed by atoms with Gasteiger partial charge in [0.15, 0.2) is 0 Å². The Balaban J connectivity index is 1.46. The van der Waals surface area contributed by atoms with Gasteiger partial charge >= 0.3 is 0 Å². The Labute approximate surface area is 169 Å². The maximum Gasteiger partial charge on any atom is 0.254 e. The summed E-state index contributed by atoms with van der Waals surface area (Å²) >= 11 is 0. The largest absolute Gasteiger partial charge is 0.457 e. The minimum Gasteiger partial charge on any atom is -0.457 e. The lowest BCUT2D eigenvalue weighted by Gasteiger charge is -2.23. The number of amides is 2. The number of nitrogens with two attached hydrogens (primary N) is 1. The van der Waals surface area contributed by atoms with Crippen molar-refractivity contribution in [2.75, 3.05) is 0 Å². The van der Waals surface area contributed by atoms with Crippen LogP contribution in [0.1, 0.15) is 39.1 Å². The van der Waals surface area contributed by atoms with Crippen molar-refractivity contribution < 1.29 is 14.3 Å². The van der Waals surface area contributed by atoms with Gasteiger partial charge in [0.25, 0.3) is 5.91 Å². The van der Waals surface area contributed by atoms with E-state index in [-0.39, 0.29) is 11.9 Å². The van der Waals surface area contributed by atoms with Crippen molar-refractivity contribution in [1.29, 1.82) is 0 Å². The highest BCUT2D eigenvalue weighted by atomic mass is 16.5. The Kier molecular flexibility index (Phi) is 5.29. The van der Waals surface area contributed by atoms with Crippen molar-refractivity contribution >= 4 is 11.8 Å². The highest BCUT2D eigenvalue weighted by Crippen LogP contribution is 2.30. The summed E-state index contributed by atoms with van der Waals surface area (Å²) in [6.07, 6.45) is 2.03. The fraction of sp³-hybridized carbons (Fsp3) is 0.167. The molecule has 2 amide bonds. The third-order valence-electron chi connectivity index (χ3n) is 4.92. The number of para-hydroxylation sites is 1. The number of hydrogen-bond acceptors (Lipinski definition) is 3. The smallest absolute Gasteiger partial charge is 0.254 e. The van der Waals surface area contributed by atoms with Gasteiger partial charge in [-0.3, -0.25) is 9.59 Å². The summed E-state index contributed by atoms with van der Waals surface area (Å²) in [4.78, 5) is 26.2. The molecular weight excluding hydrogens is 364 g/mol. The zero-order valence-electron chi connectivity index (χ0n) is 16.0. The Bertz CT molecular complexity index is 995. The van der Waals surface area contributed by atoms with E-state index >= 15 is 0 Å². The van der Waals surface area contributed by atoms with Gasteiger partial charge in [0, 0.05) is 23.7 Å². The van der Waals surface area contributed by atoms with Crippen LogP contribution in [0.15, 0.2) is 78.9 Å². The average molecular weight is 386 g/mol. The molecular formula is C24H22N2O3. The van der Waals surface area contributed by atoms with Crippen LogP contribution < -0.4 is 10.5 Å². The van der Waals surface area contributed by atoms with Crippen LogP contribution in [-0.2, 0) is 6.54 Å². The van der Waals surface area contributed by atoms with Gasteiger partial charge in [-0.1, -0.05) is 30.3 Å². The highest BCUT2D eigenvalue weighted by molar-refractivity contribution is 5.95. The molecule has 5 nitrogen and oxygen atoms in total. The molecule has 1 fully saturated rings. The van der Waals surface area contributed by atoms with Gasteiger partial charge < -0.3 is 15.4 Å². The molecule has 0 heterocycles. The van der Waals surface area contributed by atoms with Crippen LogP contribution in [0.4, 0.5) is 0 Å². The van der Waals surface area contributed by atoms with Crippen LogP contribution in [0.2, 0.25) is 0 Å². The molecule has 0 unspecified atom stereocenters. The molecule has 0 aliphatic heterocycles. The van der Waals surface area contributed by atoms with Crippen molar-refractivity contribution in [3.8, 4) is 11.5 Å². The number of carbonyl (C=O) groups is 2. The molecule has 4 rings (SSSR count). The topological polar surface area (TPSA) is 72.6 Å². The summed E-state index contributed by atoms with van der Waals surface area (Å²) in [6, 6.07) is 24.1. The minimum absolute atomic E-state index is 0.00209. The fourth-order valence-corrected chi connectivity index (χ4v) is 3.18. The van der Waals surface area contributed by atoms with E-state index in [2.05, 4.69) is 0 Å². The van der Waals surface area contributed by atoms with Gasteiger partial charge in [-0.25, -0.2) is 0 Å². The molecule has 1 aliphatic rings. The molecule has 3 aromatic rings. The molecule has 0 aromatic heterocycles. The predicted octanol–water partition coefficient (Wildman–Crippen LogP) is 4.38. The zero-order valence-corrected chi connectivity index (χ0v) is 16.0. The first-order valence-electron chi connectivity index (χ1n) is 9.63. The van der Waals surface area contributed by atoms with Gasteiger partial charge in [-0.2, -0.15) is 0 Å². The summed E-state index contributed by atoms with van der Waals surface area (Å²) in [5.74, 6) is 0.987. The van der Waals surface area contributed by atoms with Crippen LogP contribution in [0.3, 0.4) is 0 Å². The molecule has 0 saturated heterocycles. The SMILES string of the molecule is NC(=O)c1ccc(CN(C(=O)c2ccc(Oc3ccccc3)cc2)C2CC2)cc1. The first kappa shape index (κ1) is 18.7. The number of rotatable bonds is 7. The molecule has 0 radical (unpaired) electrons. The number of hydrogen-bond donors (Lipinski definition) is 1. The van der Waals surface area contributed by atoms with E-state index in [0.717, 1.165) is 24.2 Å². The molecule has 0 spiro atoms. The van der Waals surface area contributed by atoms with Crippen LogP contribution in [0.25, 0.3) is 0 Å². The lowest BCUT2D eigenvalue weighted by atomic mass is 10.1. The quantitative estimate of drug-likeness (QED) is 0.655. The lowest BCUT2D eigenvalue weighted by molar-refractivity contribution is 0.0729. The predicted molar refractivity (Wildman–Crippen MR) is 111 cm³/mol. The van der Waals surface area contributed by atoms with Gasteiger partial charge in [0.2, 0.25) is 5.91 Å². The Morgan fingerprint density at radius 1 is 0.828 bits per heavy atom. The third kappa shape index (κ3) is 4.63. The van der Waals surface area contributed by atoms with Crippen LogP contribution in [-0.4, -0.2) is 22.8 Å². The molecule has 29 heavy (non-hydrogen) atoms. The minimum atomic E-state index is -0.454. The number of nitrogens with zero attached hydrogens (tertiary/aromatic N) is 1. The molecule has 146 valence electrons. The van der Waals surface area contributed by atoms with Gasteiger partial charge in [0.05, 0.1) is 0 Å². The summed E-state index contributed by atoms with van der Waals surface area (Å²) < 4.78 is 5.80. The molecule has 5 heteroatoms. The second-order valence-corrected chi connectivity index (χ2v) is 7.16. The fourth-order valence-electron chi connectivity index (χ4n) is 3.18. The number of carbonyl (C=O) groups excluding carboxylic acids is 2. The second kappa shape index (κ2) is 8.19. The lowest BCUT2D eigenvalue weighted by Crippen LogP contribution is -2.32. The maximum absolute atomic E-state index is 13.1. The van der Waals surface area contributed by atoms with Crippen LogP contribution in [0.5, 0.6) is 11.5 Å². The van der Waals surface area contributed by atoms with Crippen molar-refractivity contribution in [2.24, 2.45) is 5.73 Å². The highest BCUT2D eigenvalue weighted by Gasteiger charge is 2.33. The van der Waals surface area contributed by atoms with E-state index in [1.54, 1.807) is 24.3 Å². The first-order valence-corrected chi connectivity index (χ1v) is 9.63.